The Hall–Kier alpha value is -3.30. The summed E-state index contributed by atoms with van der Waals surface area (Å²) in [6, 6.07) is 11.1. The van der Waals surface area contributed by atoms with Crippen molar-refractivity contribution in [3.63, 3.8) is 0 Å². The highest BCUT2D eigenvalue weighted by Gasteiger charge is 2.20. The molecule has 0 fully saturated rings. The van der Waals surface area contributed by atoms with Crippen molar-refractivity contribution in [2.24, 2.45) is 10.7 Å². The molecule has 2 aromatic rings. The number of nitrogens with zero attached hydrogens (tertiary/aromatic N) is 1. The summed E-state index contributed by atoms with van der Waals surface area (Å²) in [6.45, 7) is 1.73. The number of amides is 2. The van der Waals surface area contributed by atoms with Crippen LogP contribution >= 0.6 is 23.4 Å². The maximum Gasteiger partial charge on any atom is 0.338 e. The topological polar surface area (TPSA) is 120 Å². The highest BCUT2D eigenvalue weighted by molar-refractivity contribution is 8.18. The molecule has 1 aliphatic rings. The van der Waals surface area contributed by atoms with E-state index in [9.17, 15) is 14.4 Å². The molecule has 0 saturated carbocycles. The van der Waals surface area contributed by atoms with E-state index in [-0.39, 0.29) is 18.4 Å². The summed E-state index contributed by atoms with van der Waals surface area (Å²) in [7, 11) is 0. The molecule has 2 aromatic carbocycles. The van der Waals surface area contributed by atoms with Crippen molar-refractivity contribution in [2.45, 2.75) is 6.92 Å². The lowest BCUT2D eigenvalue weighted by Crippen LogP contribution is -2.20. The summed E-state index contributed by atoms with van der Waals surface area (Å²) < 4.78 is 10.5. The zero-order valence-corrected chi connectivity index (χ0v) is 18.0. The van der Waals surface area contributed by atoms with Gasteiger partial charge in [0.25, 0.3) is 11.8 Å². The average Bonchev–Trinajstić information content (AvgIpc) is 3.05. The number of anilines is 1. The van der Waals surface area contributed by atoms with Crippen LogP contribution in [-0.2, 0) is 14.3 Å². The lowest BCUT2D eigenvalue weighted by molar-refractivity contribution is -0.118. The number of nitrogens with one attached hydrogen (secondary N) is 1. The van der Waals surface area contributed by atoms with E-state index in [1.54, 1.807) is 55.5 Å². The molecule has 3 rings (SSSR count). The van der Waals surface area contributed by atoms with Crippen LogP contribution in [0.25, 0.3) is 6.08 Å². The molecule has 1 heterocycles. The molecule has 0 unspecified atom stereocenters. The van der Waals surface area contributed by atoms with Crippen LogP contribution in [0.2, 0.25) is 5.02 Å². The van der Waals surface area contributed by atoms with Crippen molar-refractivity contribution in [3.8, 4) is 5.75 Å². The van der Waals surface area contributed by atoms with Crippen molar-refractivity contribution in [1.29, 1.82) is 0 Å². The predicted octanol–water partition coefficient (Wildman–Crippen LogP) is 3.46. The first kappa shape index (κ1) is 22.4. The van der Waals surface area contributed by atoms with E-state index in [1.165, 1.54) is 0 Å². The third-order valence-electron chi connectivity index (χ3n) is 3.93. The first-order valence-corrected chi connectivity index (χ1v) is 10.3. The van der Waals surface area contributed by atoms with Gasteiger partial charge in [-0.05, 0) is 67.2 Å². The van der Waals surface area contributed by atoms with E-state index in [0.29, 0.717) is 32.5 Å². The third-order valence-corrected chi connectivity index (χ3v) is 4.98. The van der Waals surface area contributed by atoms with Crippen LogP contribution < -0.4 is 15.8 Å². The monoisotopic (exact) mass is 459 g/mol. The number of hydrogen-bond acceptors (Lipinski definition) is 7. The summed E-state index contributed by atoms with van der Waals surface area (Å²) in [4.78, 5) is 39.8. The van der Waals surface area contributed by atoms with Gasteiger partial charge in [0.1, 0.15) is 5.75 Å². The van der Waals surface area contributed by atoms with Crippen LogP contribution in [0, 0.1) is 0 Å². The van der Waals surface area contributed by atoms with Crippen LogP contribution in [0.4, 0.5) is 5.69 Å². The van der Waals surface area contributed by atoms with Crippen LogP contribution in [-0.4, -0.2) is 36.2 Å². The molecule has 0 aromatic heterocycles. The van der Waals surface area contributed by atoms with Gasteiger partial charge in [0.2, 0.25) is 0 Å². The molecule has 0 radical (unpaired) electrons. The van der Waals surface area contributed by atoms with Gasteiger partial charge in [0, 0.05) is 16.3 Å². The molecule has 8 nitrogen and oxygen atoms in total. The zero-order chi connectivity index (χ0) is 22.4. The Morgan fingerprint density at radius 3 is 2.61 bits per heavy atom. The van der Waals surface area contributed by atoms with Gasteiger partial charge in [0.15, 0.2) is 11.8 Å². The summed E-state index contributed by atoms with van der Waals surface area (Å²) in [6.07, 6.45) is 1.56. The molecule has 0 bridgehead atoms. The van der Waals surface area contributed by atoms with E-state index in [0.717, 1.165) is 11.8 Å². The van der Waals surface area contributed by atoms with Crippen molar-refractivity contribution in [3.05, 3.63) is 63.5 Å². The molecular weight excluding hydrogens is 442 g/mol. The van der Waals surface area contributed by atoms with Gasteiger partial charge in [-0.1, -0.05) is 11.6 Å². The summed E-state index contributed by atoms with van der Waals surface area (Å²) in [5.41, 5.74) is 6.97. The Bertz CT molecular complexity index is 1080. The molecule has 1 aliphatic heterocycles. The molecule has 0 saturated heterocycles. The number of hydrogen-bond donors (Lipinski definition) is 2. The van der Waals surface area contributed by atoms with Gasteiger partial charge in [-0.15, -0.1) is 0 Å². The zero-order valence-electron chi connectivity index (χ0n) is 16.4. The second kappa shape index (κ2) is 10.1. The molecule has 31 heavy (non-hydrogen) atoms. The first-order chi connectivity index (χ1) is 14.9. The number of halogens is 1. The number of amidine groups is 1. The number of esters is 1. The number of rotatable bonds is 7. The van der Waals surface area contributed by atoms with E-state index < -0.39 is 17.8 Å². The smallest absolute Gasteiger partial charge is 0.338 e. The Morgan fingerprint density at radius 2 is 1.97 bits per heavy atom. The van der Waals surface area contributed by atoms with Gasteiger partial charge in [-0.2, -0.15) is 4.99 Å². The average molecular weight is 460 g/mol. The molecule has 0 atom stereocenters. The minimum absolute atomic E-state index is 0.161. The second-order valence-corrected chi connectivity index (χ2v) is 7.68. The Kier molecular flexibility index (Phi) is 7.32. The number of carbonyl (C=O) groups is 3. The standard InChI is InChI=1S/C21H18ClN3O5S/c1-2-29-20(28)12-3-6-15(7-4-12)24-18(26)11-30-16-8-5-14(22)9-13(16)10-17-19(27)25-21(23)31-17/h3-10H,2,11H2,1H3,(H,24,26)(H2,23,25,27)/b17-10-. The maximum atomic E-state index is 12.3. The van der Waals surface area contributed by atoms with Gasteiger partial charge < -0.3 is 20.5 Å². The summed E-state index contributed by atoms with van der Waals surface area (Å²) in [5, 5.41) is 3.28. The molecular formula is C21H18ClN3O5S. The maximum absolute atomic E-state index is 12.3. The van der Waals surface area contributed by atoms with Crippen LogP contribution in [0.1, 0.15) is 22.8 Å². The van der Waals surface area contributed by atoms with Crippen molar-refractivity contribution < 1.29 is 23.9 Å². The lowest BCUT2D eigenvalue weighted by atomic mass is 10.2. The largest absolute Gasteiger partial charge is 0.483 e. The van der Waals surface area contributed by atoms with Gasteiger partial charge in [0.05, 0.1) is 17.1 Å². The second-order valence-electron chi connectivity index (χ2n) is 6.18. The molecule has 0 spiro atoms. The van der Waals surface area contributed by atoms with Gasteiger partial charge in [-0.3, -0.25) is 9.59 Å². The number of aliphatic imine (C=N–C) groups is 1. The fourth-order valence-corrected chi connectivity index (χ4v) is 3.43. The van der Waals surface area contributed by atoms with E-state index in [1.807, 2.05) is 0 Å². The summed E-state index contributed by atoms with van der Waals surface area (Å²) >= 11 is 7.09. The van der Waals surface area contributed by atoms with Crippen LogP contribution in [0.5, 0.6) is 5.75 Å². The number of thioether (sulfide) groups is 1. The third kappa shape index (κ3) is 6.09. The number of benzene rings is 2. The minimum atomic E-state index is -0.447. The van der Waals surface area contributed by atoms with Crippen LogP contribution in [0.3, 0.4) is 0 Å². The number of nitrogens with two attached hydrogens (primary N) is 1. The Balaban J connectivity index is 1.63. The first-order valence-electron chi connectivity index (χ1n) is 9.13. The Labute approximate surface area is 187 Å². The fourth-order valence-electron chi connectivity index (χ4n) is 2.57. The predicted molar refractivity (Wildman–Crippen MR) is 120 cm³/mol. The Morgan fingerprint density at radius 1 is 1.23 bits per heavy atom. The summed E-state index contributed by atoms with van der Waals surface area (Å²) in [5.74, 6) is -0.920. The molecule has 160 valence electrons. The number of ether oxygens (including phenoxy) is 2. The van der Waals surface area contributed by atoms with Crippen molar-refractivity contribution >= 4 is 58.1 Å². The van der Waals surface area contributed by atoms with Crippen LogP contribution in [0.15, 0.2) is 52.4 Å². The fraction of sp³-hybridized carbons (Fsp3) is 0.143. The quantitative estimate of drug-likeness (QED) is 0.480. The van der Waals surface area contributed by atoms with E-state index in [4.69, 9.17) is 26.8 Å². The minimum Gasteiger partial charge on any atom is -0.483 e. The molecule has 0 aliphatic carbocycles. The van der Waals surface area contributed by atoms with Crippen molar-refractivity contribution in [1.82, 2.24) is 0 Å². The van der Waals surface area contributed by atoms with Gasteiger partial charge in [-0.25, -0.2) is 4.79 Å². The highest BCUT2D eigenvalue weighted by Crippen LogP contribution is 2.31. The molecule has 2 amide bonds. The highest BCUT2D eigenvalue weighted by atomic mass is 35.5. The SMILES string of the molecule is CCOC(=O)c1ccc(NC(=O)COc2ccc(Cl)cc2/C=C2\SC(N)=NC2=O)cc1. The van der Waals surface area contributed by atoms with E-state index >= 15 is 0 Å². The normalized spacial score (nSPS) is 14.3. The van der Waals surface area contributed by atoms with E-state index in [2.05, 4.69) is 10.3 Å². The van der Waals surface area contributed by atoms with Crippen molar-refractivity contribution in [2.75, 3.05) is 18.5 Å². The van der Waals surface area contributed by atoms with Gasteiger partial charge >= 0.3 is 5.97 Å². The molecule has 3 N–H and O–H groups in total. The number of carbonyl (C=O) groups excluding carboxylic acids is 3. The lowest BCUT2D eigenvalue weighted by Gasteiger charge is -2.11. The molecule has 10 heteroatoms.